The predicted octanol–water partition coefficient (Wildman–Crippen LogP) is 2.52. The molecule has 1 amide bonds. The average Bonchev–Trinajstić information content (AvgIpc) is 2.62. The molecule has 10 heteroatoms. The van der Waals surface area contributed by atoms with Gasteiger partial charge in [-0.2, -0.15) is 0 Å². The molecule has 1 N–H and O–H groups in total. The summed E-state index contributed by atoms with van der Waals surface area (Å²) in [4.78, 5) is 23.7. The molecule has 0 fully saturated rings. The SMILES string of the molecule is CN(C)S(=O)(=O)c1ccc(NC(=O)COC(=O)c2cc(Cl)ccc2F)cc1. The van der Waals surface area contributed by atoms with Gasteiger partial charge in [0.1, 0.15) is 5.82 Å². The van der Waals surface area contributed by atoms with Crippen molar-refractivity contribution in [1.82, 2.24) is 4.31 Å². The standard InChI is InChI=1S/C17H16ClFN2O5S/c1-21(2)27(24,25)13-6-4-12(5-7-13)20-16(22)10-26-17(23)14-9-11(18)3-8-15(14)19/h3-9H,10H2,1-2H3,(H,20,22). The van der Waals surface area contributed by atoms with Gasteiger partial charge in [0.25, 0.3) is 5.91 Å². The molecule has 0 heterocycles. The third-order valence-corrected chi connectivity index (χ3v) is 5.46. The molecule has 2 aromatic carbocycles. The van der Waals surface area contributed by atoms with E-state index in [0.717, 1.165) is 16.4 Å². The van der Waals surface area contributed by atoms with Crippen molar-refractivity contribution >= 4 is 39.2 Å². The lowest BCUT2D eigenvalue weighted by Gasteiger charge is -2.12. The Kier molecular flexibility index (Phi) is 6.53. The van der Waals surface area contributed by atoms with Gasteiger partial charge >= 0.3 is 5.97 Å². The third kappa shape index (κ3) is 5.25. The lowest BCUT2D eigenvalue weighted by molar-refractivity contribution is -0.119. The summed E-state index contributed by atoms with van der Waals surface area (Å²) in [5, 5.41) is 2.59. The summed E-state index contributed by atoms with van der Waals surface area (Å²) in [6.07, 6.45) is 0. The van der Waals surface area contributed by atoms with Crippen molar-refractivity contribution in [2.75, 3.05) is 26.0 Å². The fourth-order valence-corrected chi connectivity index (χ4v) is 3.05. The Morgan fingerprint density at radius 1 is 1.15 bits per heavy atom. The second-order valence-electron chi connectivity index (χ2n) is 5.56. The Hall–Kier alpha value is -2.49. The lowest BCUT2D eigenvalue weighted by atomic mass is 10.2. The van der Waals surface area contributed by atoms with Gasteiger partial charge in [-0.25, -0.2) is 21.9 Å². The zero-order chi connectivity index (χ0) is 20.2. The largest absolute Gasteiger partial charge is 0.452 e. The maximum atomic E-state index is 13.6. The van der Waals surface area contributed by atoms with Crippen LogP contribution < -0.4 is 5.32 Å². The molecular formula is C17H16ClFN2O5S. The fraction of sp³-hybridized carbons (Fsp3) is 0.176. The van der Waals surface area contributed by atoms with E-state index < -0.39 is 34.3 Å². The molecule has 0 atom stereocenters. The molecule has 0 aliphatic carbocycles. The van der Waals surface area contributed by atoms with Crippen molar-refractivity contribution in [2.45, 2.75) is 4.90 Å². The number of amides is 1. The molecule has 0 aliphatic heterocycles. The van der Waals surface area contributed by atoms with Crippen molar-refractivity contribution in [3.63, 3.8) is 0 Å². The number of halogens is 2. The molecule has 0 aromatic heterocycles. The van der Waals surface area contributed by atoms with Gasteiger partial charge < -0.3 is 10.1 Å². The smallest absolute Gasteiger partial charge is 0.341 e. The van der Waals surface area contributed by atoms with E-state index in [1.165, 1.54) is 44.4 Å². The monoisotopic (exact) mass is 414 g/mol. The van der Waals surface area contributed by atoms with E-state index in [1.54, 1.807) is 0 Å². The van der Waals surface area contributed by atoms with Crippen LogP contribution >= 0.6 is 11.6 Å². The van der Waals surface area contributed by atoms with Crippen molar-refractivity contribution in [1.29, 1.82) is 0 Å². The van der Waals surface area contributed by atoms with Gasteiger partial charge in [0.15, 0.2) is 6.61 Å². The fourth-order valence-electron chi connectivity index (χ4n) is 1.98. The Balaban J connectivity index is 1.96. The maximum Gasteiger partial charge on any atom is 0.341 e. The first-order valence-corrected chi connectivity index (χ1v) is 9.37. The number of benzene rings is 2. The maximum absolute atomic E-state index is 13.6. The van der Waals surface area contributed by atoms with Crippen molar-refractivity contribution in [2.24, 2.45) is 0 Å². The number of anilines is 1. The van der Waals surface area contributed by atoms with Crippen LogP contribution in [-0.4, -0.2) is 45.3 Å². The molecule has 0 unspecified atom stereocenters. The van der Waals surface area contributed by atoms with E-state index >= 15 is 0 Å². The second kappa shape index (κ2) is 8.47. The number of rotatable bonds is 6. The van der Waals surface area contributed by atoms with Crippen LogP contribution in [0.25, 0.3) is 0 Å². The van der Waals surface area contributed by atoms with E-state index in [9.17, 15) is 22.4 Å². The molecule has 144 valence electrons. The van der Waals surface area contributed by atoms with E-state index in [2.05, 4.69) is 5.32 Å². The minimum absolute atomic E-state index is 0.0633. The van der Waals surface area contributed by atoms with Crippen LogP contribution in [0.5, 0.6) is 0 Å². The zero-order valence-electron chi connectivity index (χ0n) is 14.4. The number of hydrogen-bond acceptors (Lipinski definition) is 5. The normalized spacial score (nSPS) is 11.3. The summed E-state index contributed by atoms with van der Waals surface area (Å²) in [6.45, 7) is -0.650. The van der Waals surface area contributed by atoms with Gasteiger partial charge in [0.05, 0.1) is 10.5 Å². The first kappa shape index (κ1) is 20.8. The third-order valence-electron chi connectivity index (χ3n) is 3.40. The van der Waals surface area contributed by atoms with Crippen LogP contribution in [0.3, 0.4) is 0 Å². The zero-order valence-corrected chi connectivity index (χ0v) is 16.0. The molecule has 0 spiro atoms. The van der Waals surface area contributed by atoms with E-state index in [-0.39, 0.29) is 15.5 Å². The topological polar surface area (TPSA) is 92.8 Å². The molecule has 0 saturated heterocycles. The van der Waals surface area contributed by atoms with E-state index in [0.29, 0.717) is 5.69 Å². The number of carbonyl (C=O) groups is 2. The predicted molar refractivity (Wildman–Crippen MR) is 97.6 cm³/mol. The van der Waals surface area contributed by atoms with Crippen LogP contribution in [0, 0.1) is 5.82 Å². The van der Waals surface area contributed by atoms with Gasteiger partial charge in [-0.15, -0.1) is 0 Å². The Morgan fingerprint density at radius 3 is 2.37 bits per heavy atom. The number of ether oxygens (including phenoxy) is 1. The first-order chi connectivity index (χ1) is 12.6. The summed E-state index contributed by atoms with van der Waals surface area (Å²) in [7, 11) is -0.767. The number of nitrogens with zero attached hydrogens (tertiary/aromatic N) is 1. The second-order valence-corrected chi connectivity index (χ2v) is 8.15. The van der Waals surface area contributed by atoms with E-state index in [1.807, 2.05) is 0 Å². The first-order valence-electron chi connectivity index (χ1n) is 7.56. The van der Waals surface area contributed by atoms with Gasteiger partial charge in [-0.3, -0.25) is 4.79 Å². The van der Waals surface area contributed by atoms with Gasteiger partial charge in [0.2, 0.25) is 10.0 Å². The minimum Gasteiger partial charge on any atom is -0.452 e. The van der Waals surface area contributed by atoms with Crippen molar-refractivity contribution < 1.29 is 27.1 Å². The highest BCUT2D eigenvalue weighted by molar-refractivity contribution is 7.89. The molecule has 2 aromatic rings. The molecule has 0 aliphatic rings. The minimum atomic E-state index is -3.58. The van der Waals surface area contributed by atoms with Crippen molar-refractivity contribution in [3.05, 3.63) is 58.9 Å². The van der Waals surface area contributed by atoms with Crippen LogP contribution in [-0.2, 0) is 19.6 Å². The number of nitrogens with one attached hydrogen (secondary N) is 1. The molecular weight excluding hydrogens is 399 g/mol. The highest BCUT2D eigenvalue weighted by atomic mass is 35.5. The molecule has 0 saturated carbocycles. The average molecular weight is 415 g/mol. The molecule has 0 bridgehead atoms. The highest BCUT2D eigenvalue weighted by Crippen LogP contribution is 2.17. The number of carbonyl (C=O) groups excluding carboxylic acids is 2. The van der Waals surface area contributed by atoms with Crippen LogP contribution in [0.4, 0.5) is 10.1 Å². The summed E-state index contributed by atoms with van der Waals surface area (Å²) < 4.78 is 43.3. The van der Waals surface area contributed by atoms with Crippen LogP contribution in [0.2, 0.25) is 5.02 Å². The quantitative estimate of drug-likeness (QED) is 0.733. The molecule has 27 heavy (non-hydrogen) atoms. The van der Waals surface area contributed by atoms with Crippen molar-refractivity contribution in [3.8, 4) is 0 Å². The Bertz CT molecular complexity index is 962. The molecule has 7 nitrogen and oxygen atoms in total. The number of esters is 1. The van der Waals surface area contributed by atoms with Gasteiger partial charge in [-0.05, 0) is 42.5 Å². The highest BCUT2D eigenvalue weighted by Gasteiger charge is 2.18. The van der Waals surface area contributed by atoms with E-state index in [4.69, 9.17) is 16.3 Å². The molecule has 0 radical (unpaired) electrons. The van der Waals surface area contributed by atoms with Gasteiger partial charge in [0, 0.05) is 24.8 Å². The molecule has 2 rings (SSSR count). The summed E-state index contributed by atoms with van der Waals surface area (Å²) in [5.74, 6) is -2.52. The summed E-state index contributed by atoms with van der Waals surface area (Å²) >= 11 is 5.70. The Morgan fingerprint density at radius 2 is 1.78 bits per heavy atom. The summed E-state index contributed by atoms with van der Waals surface area (Å²) in [6, 6.07) is 8.85. The Labute approximate surface area is 160 Å². The number of hydrogen-bond donors (Lipinski definition) is 1. The van der Waals surface area contributed by atoms with Gasteiger partial charge in [-0.1, -0.05) is 11.6 Å². The van der Waals surface area contributed by atoms with Crippen LogP contribution in [0.1, 0.15) is 10.4 Å². The lowest BCUT2D eigenvalue weighted by Crippen LogP contribution is -2.23. The van der Waals surface area contributed by atoms with Crippen LogP contribution in [0.15, 0.2) is 47.4 Å². The summed E-state index contributed by atoms with van der Waals surface area (Å²) in [5.41, 5.74) is -0.0729. The number of sulfonamides is 1.